The molecule has 8 nitrogen and oxygen atoms in total. The number of hydrogen-bond acceptors (Lipinski definition) is 4. The van der Waals surface area contributed by atoms with Gasteiger partial charge in [-0.2, -0.15) is 0 Å². The normalized spacial score (nSPS) is 32.4. The molecule has 4 saturated heterocycles. The van der Waals surface area contributed by atoms with Crippen molar-refractivity contribution in [1.82, 2.24) is 15.5 Å². The Morgan fingerprint density at radius 2 is 2.24 bits per heavy atom. The molecule has 0 radical (unpaired) electrons. The van der Waals surface area contributed by atoms with Gasteiger partial charge >= 0.3 is 6.03 Å². The molecule has 4 heterocycles. The van der Waals surface area contributed by atoms with Gasteiger partial charge in [-0.05, 0) is 31.0 Å². The molecule has 4 amide bonds. The summed E-state index contributed by atoms with van der Waals surface area (Å²) in [5.74, 6) is 0.450. The molecule has 0 unspecified atom stereocenters. The van der Waals surface area contributed by atoms with Crippen molar-refractivity contribution in [2.45, 2.75) is 31.5 Å². The highest BCUT2D eigenvalue weighted by Crippen LogP contribution is 2.54. The van der Waals surface area contributed by atoms with E-state index in [1.54, 1.807) is 17.0 Å². The van der Waals surface area contributed by atoms with Gasteiger partial charge < -0.3 is 20.3 Å². The Labute approximate surface area is 169 Å². The lowest BCUT2D eigenvalue weighted by atomic mass is 9.73. The van der Waals surface area contributed by atoms with E-state index in [1.165, 1.54) is 6.92 Å². The highest BCUT2D eigenvalue weighted by atomic mass is 16.5. The van der Waals surface area contributed by atoms with Gasteiger partial charge in [-0.3, -0.25) is 14.5 Å². The lowest BCUT2D eigenvalue weighted by molar-refractivity contribution is -0.119. The van der Waals surface area contributed by atoms with Gasteiger partial charge in [0.1, 0.15) is 0 Å². The number of carbonyl (C=O) groups is 3. The van der Waals surface area contributed by atoms with Crippen LogP contribution in [-0.2, 0) is 9.53 Å². The van der Waals surface area contributed by atoms with Crippen molar-refractivity contribution in [3.63, 3.8) is 0 Å². The largest absolute Gasteiger partial charge is 0.369 e. The summed E-state index contributed by atoms with van der Waals surface area (Å²) in [6.07, 6.45) is 2.14. The maximum Gasteiger partial charge on any atom is 0.321 e. The van der Waals surface area contributed by atoms with Crippen LogP contribution in [0.25, 0.3) is 0 Å². The van der Waals surface area contributed by atoms with E-state index in [2.05, 4.69) is 10.6 Å². The Morgan fingerprint density at radius 1 is 1.38 bits per heavy atom. The van der Waals surface area contributed by atoms with Crippen LogP contribution in [0.1, 0.15) is 30.1 Å². The van der Waals surface area contributed by atoms with Gasteiger partial charge in [0, 0.05) is 56.2 Å². The molecular weight excluding hydrogens is 372 g/mol. The summed E-state index contributed by atoms with van der Waals surface area (Å²) < 4.78 is 6.36. The number of nitrogens with one attached hydrogen (secondary N) is 2. The minimum absolute atomic E-state index is 0.0273. The zero-order chi connectivity index (χ0) is 20.2. The van der Waals surface area contributed by atoms with Crippen LogP contribution < -0.4 is 15.5 Å². The Balaban J connectivity index is 1.33. The summed E-state index contributed by atoms with van der Waals surface area (Å²) in [6.45, 7) is 4.59. The van der Waals surface area contributed by atoms with Crippen molar-refractivity contribution in [2.75, 3.05) is 37.6 Å². The summed E-state index contributed by atoms with van der Waals surface area (Å²) in [4.78, 5) is 40.1. The third-order valence-electron chi connectivity index (χ3n) is 6.92. The second kappa shape index (κ2) is 6.73. The van der Waals surface area contributed by atoms with Crippen LogP contribution in [0.3, 0.4) is 0 Å². The first kappa shape index (κ1) is 18.4. The van der Waals surface area contributed by atoms with E-state index in [9.17, 15) is 14.4 Å². The van der Waals surface area contributed by atoms with Crippen LogP contribution in [0.15, 0.2) is 24.3 Å². The van der Waals surface area contributed by atoms with Gasteiger partial charge in [0.05, 0.1) is 18.2 Å². The van der Waals surface area contributed by atoms with Crippen molar-refractivity contribution >= 4 is 23.5 Å². The number of nitrogens with zero attached hydrogens (tertiary/aromatic N) is 2. The highest BCUT2D eigenvalue weighted by Gasteiger charge is 2.63. The molecule has 1 aromatic carbocycles. The summed E-state index contributed by atoms with van der Waals surface area (Å²) >= 11 is 0. The molecule has 1 aromatic rings. The number of rotatable bonds is 4. The molecule has 154 valence electrons. The number of benzene rings is 1. The van der Waals surface area contributed by atoms with Crippen molar-refractivity contribution in [2.24, 2.45) is 11.8 Å². The molecule has 4 aliphatic heterocycles. The summed E-state index contributed by atoms with van der Waals surface area (Å²) in [5.41, 5.74) is 1.06. The first-order chi connectivity index (χ1) is 14.0. The number of urea groups is 1. The third-order valence-corrected chi connectivity index (χ3v) is 6.92. The Kier molecular flexibility index (Phi) is 4.27. The maximum atomic E-state index is 13.3. The zero-order valence-electron chi connectivity index (χ0n) is 16.5. The average molecular weight is 398 g/mol. The van der Waals surface area contributed by atoms with Crippen LogP contribution in [0, 0.1) is 11.8 Å². The molecule has 4 fully saturated rings. The van der Waals surface area contributed by atoms with Gasteiger partial charge in [0.25, 0.3) is 5.91 Å². The molecule has 2 N–H and O–H groups in total. The molecule has 5 rings (SSSR count). The minimum atomic E-state index is -0.268. The van der Waals surface area contributed by atoms with Crippen LogP contribution >= 0.6 is 0 Å². The molecule has 4 atom stereocenters. The van der Waals surface area contributed by atoms with Gasteiger partial charge in [0.2, 0.25) is 5.91 Å². The standard InChI is InChI=1S/C21H26N4O4/c1-13(26)23-10-16-17-11-24(12-21(17)6-5-18(16)29-21)19(27)14-3-2-4-15(9-14)25-8-7-22-20(25)28/h2-4,9,16-18H,5-8,10-12H2,1H3,(H,22,28)(H,23,26)/t16-,17+,18+,21+/m0/s1. The smallest absolute Gasteiger partial charge is 0.321 e. The Bertz CT molecular complexity index is 874. The molecular formula is C21H26N4O4. The van der Waals surface area contributed by atoms with Crippen molar-refractivity contribution in [1.29, 1.82) is 0 Å². The van der Waals surface area contributed by atoms with E-state index in [4.69, 9.17) is 4.74 Å². The quantitative estimate of drug-likeness (QED) is 0.791. The van der Waals surface area contributed by atoms with E-state index in [0.29, 0.717) is 38.3 Å². The van der Waals surface area contributed by atoms with E-state index < -0.39 is 0 Å². The van der Waals surface area contributed by atoms with Gasteiger partial charge in [-0.15, -0.1) is 0 Å². The van der Waals surface area contributed by atoms with E-state index >= 15 is 0 Å². The Morgan fingerprint density at radius 3 is 3.00 bits per heavy atom. The summed E-state index contributed by atoms with van der Waals surface area (Å²) in [6, 6.07) is 7.15. The molecule has 1 spiro atoms. The van der Waals surface area contributed by atoms with Gasteiger partial charge in [0.15, 0.2) is 0 Å². The van der Waals surface area contributed by atoms with Crippen molar-refractivity contribution < 1.29 is 19.1 Å². The van der Waals surface area contributed by atoms with E-state index in [-0.39, 0.29) is 41.4 Å². The first-order valence-electron chi connectivity index (χ1n) is 10.3. The molecule has 2 bridgehead atoms. The van der Waals surface area contributed by atoms with Crippen LogP contribution in [-0.4, -0.2) is 67.2 Å². The topological polar surface area (TPSA) is 91.0 Å². The average Bonchev–Trinajstić information content (AvgIpc) is 3.46. The number of anilines is 1. The zero-order valence-corrected chi connectivity index (χ0v) is 16.5. The van der Waals surface area contributed by atoms with E-state index in [1.807, 2.05) is 17.0 Å². The number of likely N-dealkylation sites (tertiary alicyclic amines) is 1. The number of fused-ring (bicyclic) bond motifs is 1. The van der Waals surface area contributed by atoms with E-state index in [0.717, 1.165) is 18.5 Å². The predicted molar refractivity (Wildman–Crippen MR) is 106 cm³/mol. The minimum Gasteiger partial charge on any atom is -0.369 e. The fraction of sp³-hybridized carbons (Fsp3) is 0.571. The molecule has 0 saturated carbocycles. The molecule has 29 heavy (non-hydrogen) atoms. The van der Waals surface area contributed by atoms with Crippen LogP contribution in [0.5, 0.6) is 0 Å². The fourth-order valence-electron chi connectivity index (χ4n) is 5.59. The SMILES string of the molecule is CC(=O)NC[C@H]1[C@H]2CN(C(=O)c3cccc(N4CCNC4=O)c3)C[C@]23CC[C@H]1O3. The van der Waals surface area contributed by atoms with Crippen molar-refractivity contribution in [3.05, 3.63) is 29.8 Å². The number of hydrogen-bond donors (Lipinski definition) is 2. The highest BCUT2D eigenvalue weighted by molar-refractivity contribution is 5.98. The summed E-state index contributed by atoms with van der Waals surface area (Å²) in [7, 11) is 0. The van der Waals surface area contributed by atoms with Gasteiger partial charge in [-0.25, -0.2) is 4.79 Å². The number of carbonyl (C=O) groups excluding carboxylic acids is 3. The van der Waals surface area contributed by atoms with Gasteiger partial charge in [-0.1, -0.05) is 6.07 Å². The van der Waals surface area contributed by atoms with Crippen LogP contribution in [0.4, 0.5) is 10.5 Å². The number of ether oxygens (including phenoxy) is 1. The van der Waals surface area contributed by atoms with Crippen LogP contribution in [0.2, 0.25) is 0 Å². The lowest BCUT2D eigenvalue weighted by Crippen LogP contribution is -2.41. The summed E-state index contributed by atoms with van der Waals surface area (Å²) in [5, 5.41) is 5.72. The van der Waals surface area contributed by atoms with Crippen molar-refractivity contribution in [3.8, 4) is 0 Å². The second-order valence-electron chi connectivity index (χ2n) is 8.59. The second-order valence-corrected chi connectivity index (χ2v) is 8.59. The third kappa shape index (κ3) is 2.97. The Hall–Kier alpha value is -2.61. The molecule has 0 aromatic heterocycles. The predicted octanol–water partition coefficient (Wildman–Crippen LogP) is 0.972. The monoisotopic (exact) mass is 398 g/mol. The first-order valence-corrected chi connectivity index (χ1v) is 10.3. The number of amides is 4. The molecule has 0 aliphatic carbocycles. The molecule has 4 aliphatic rings. The maximum absolute atomic E-state index is 13.3. The lowest BCUT2D eigenvalue weighted by Gasteiger charge is -2.29. The fourth-order valence-corrected chi connectivity index (χ4v) is 5.59. The molecule has 8 heteroatoms.